The van der Waals surface area contributed by atoms with Gasteiger partial charge in [-0.15, -0.1) is 0 Å². The molecule has 4 heteroatoms. The smallest absolute Gasteiger partial charge is 0.129 e. The van der Waals surface area contributed by atoms with Gasteiger partial charge in [-0.25, -0.2) is 4.39 Å². The van der Waals surface area contributed by atoms with Crippen molar-refractivity contribution in [2.75, 3.05) is 19.8 Å². The van der Waals surface area contributed by atoms with Crippen LogP contribution in [0.3, 0.4) is 0 Å². The molecule has 0 aromatic heterocycles. The quantitative estimate of drug-likeness (QED) is 0.760. The summed E-state index contributed by atoms with van der Waals surface area (Å²) in [5, 5.41) is 3.53. The minimum absolute atomic E-state index is 0.272. The molecular weight excluding hydrogens is 217 g/mol. The molecule has 0 spiro atoms. The summed E-state index contributed by atoms with van der Waals surface area (Å²) in [7, 11) is 0. The Morgan fingerprint density at radius 2 is 2.27 bits per heavy atom. The first-order valence-electron chi connectivity index (χ1n) is 4.97. The van der Waals surface area contributed by atoms with Crippen molar-refractivity contribution in [2.45, 2.75) is 13.5 Å². The van der Waals surface area contributed by atoms with E-state index in [-0.39, 0.29) is 5.82 Å². The van der Waals surface area contributed by atoms with Crippen LogP contribution in [-0.4, -0.2) is 19.8 Å². The van der Waals surface area contributed by atoms with Crippen molar-refractivity contribution in [3.8, 4) is 0 Å². The Kier molecular flexibility index (Phi) is 5.61. The van der Waals surface area contributed by atoms with Crippen LogP contribution >= 0.6 is 11.6 Å². The van der Waals surface area contributed by atoms with E-state index < -0.39 is 0 Å². The molecule has 1 N–H and O–H groups in total. The molecule has 0 saturated heterocycles. The lowest BCUT2D eigenvalue weighted by atomic mass is 10.2. The predicted molar refractivity (Wildman–Crippen MR) is 59.6 cm³/mol. The minimum atomic E-state index is -0.272. The van der Waals surface area contributed by atoms with Gasteiger partial charge in [-0.2, -0.15) is 0 Å². The van der Waals surface area contributed by atoms with Gasteiger partial charge in [0.2, 0.25) is 0 Å². The lowest BCUT2D eigenvalue weighted by molar-refractivity contribution is 0.149. The van der Waals surface area contributed by atoms with Crippen molar-refractivity contribution in [3.63, 3.8) is 0 Å². The SMILES string of the molecule is CCOCCNCc1c(F)cccc1Cl. The molecule has 0 amide bonds. The summed E-state index contributed by atoms with van der Waals surface area (Å²) < 4.78 is 18.4. The van der Waals surface area contributed by atoms with Gasteiger partial charge in [-0.1, -0.05) is 17.7 Å². The van der Waals surface area contributed by atoms with Gasteiger partial charge in [-0.05, 0) is 19.1 Å². The Hall–Kier alpha value is -0.640. The summed E-state index contributed by atoms with van der Waals surface area (Å²) in [5.41, 5.74) is 0.510. The van der Waals surface area contributed by atoms with Crippen LogP contribution in [0.1, 0.15) is 12.5 Å². The third-order valence-corrected chi connectivity index (χ3v) is 2.34. The zero-order valence-corrected chi connectivity index (χ0v) is 9.48. The van der Waals surface area contributed by atoms with Crippen LogP contribution in [0.15, 0.2) is 18.2 Å². The van der Waals surface area contributed by atoms with E-state index in [2.05, 4.69) is 5.32 Å². The maximum Gasteiger partial charge on any atom is 0.129 e. The Morgan fingerprint density at radius 1 is 1.47 bits per heavy atom. The molecule has 0 aliphatic carbocycles. The second-order valence-corrected chi connectivity index (χ2v) is 3.48. The highest BCUT2D eigenvalue weighted by molar-refractivity contribution is 6.31. The van der Waals surface area contributed by atoms with E-state index in [4.69, 9.17) is 16.3 Å². The molecule has 0 atom stereocenters. The van der Waals surface area contributed by atoms with Gasteiger partial charge in [0.1, 0.15) is 5.82 Å². The van der Waals surface area contributed by atoms with Crippen LogP contribution in [0.5, 0.6) is 0 Å². The zero-order chi connectivity index (χ0) is 11.1. The van der Waals surface area contributed by atoms with Gasteiger partial charge in [-0.3, -0.25) is 0 Å². The highest BCUT2D eigenvalue weighted by atomic mass is 35.5. The molecule has 0 bridgehead atoms. The van der Waals surface area contributed by atoms with Crippen molar-refractivity contribution in [3.05, 3.63) is 34.6 Å². The molecule has 0 unspecified atom stereocenters. The van der Waals surface area contributed by atoms with Gasteiger partial charge in [0.25, 0.3) is 0 Å². The highest BCUT2D eigenvalue weighted by Crippen LogP contribution is 2.18. The normalized spacial score (nSPS) is 10.6. The van der Waals surface area contributed by atoms with E-state index in [0.29, 0.717) is 36.9 Å². The number of benzene rings is 1. The lowest BCUT2D eigenvalue weighted by Gasteiger charge is -2.07. The summed E-state index contributed by atoms with van der Waals surface area (Å²) in [6.07, 6.45) is 0. The van der Waals surface area contributed by atoms with Gasteiger partial charge in [0, 0.05) is 30.3 Å². The number of hydrogen-bond acceptors (Lipinski definition) is 2. The Bertz CT molecular complexity index is 286. The fourth-order valence-electron chi connectivity index (χ4n) is 1.20. The Morgan fingerprint density at radius 3 is 2.93 bits per heavy atom. The number of ether oxygens (including phenoxy) is 1. The van der Waals surface area contributed by atoms with Gasteiger partial charge >= 0.3 is 0 Å². The van der Waals surface area contributed by atoms with Crippen LogP contribution in [0.2, 0.25) is 5.02 Å². The highest BCUT2D eigenvalue weighted by Gasteiger charge is 2.05. The first-order chi connectivity index (χ1) is 7.25. The third kappa shape index (κ3) is 4.16. The summed E-state index contributed by atoms with van der Waals surface area (Å²) in [4.78, 5) is 0. The van der Waals surface area contributed by atoms with Gasteiger partial charge in [0.05, 0.1) is 6.61 Å². The minimum Gasteiger partial charge on any atom is -0.380 e. The van der Waals surface area contributed by atoms with E-state index >= 15 is 0 Å². The van der Waals surface area contributed by atoms with Crippen LogP contribution in [0.4, 0.5) is 4.39 Å². The molecule has 0 saturated carbocycles. The van der Waals surface area contributed by atoms with Crippen molar-refractivity contribution < 1.29 is 9.13 Å². The molecule has 1 rings (SSSR count). The maximum atomic E-state index is 13.3. The fourth-order valence-corrected chi connectivity index (χ4v) is 1.43. The largest absolute Gasteiger partial charge is 0.380 e. The van der Waals surface area contributed by atoms with Crippen LogP contribution in [-0.2, 0) is 11.3 Å². The molecule has 15 heavy (non-hydrogen) atoms. The van der Waals surface area contributed by atoms with E-state index in [1.165, 1.54) is 6.07 Å². The summed E-state index contributed by atoms with van der Waals surface area (Å²) >= 11 is 5.86. The van der Waals surface area contributed by atoms with E-state index in [9.17, 15) is 4.39 Å². The van der Waals surface area contributed by atoms with E-state index in [0.717, 1.165) is 0 Å². The molecule has 84 valence electrons. The second kappa shape index (κ2) is 6.77. The molecule has 0 aliphatic heterocycles. The van der Waals surface area contributed by atoms with Crippen LogP contribution < -0.4 is 5.32 Å². The second-order valence-electron chi connectivity index (χ2n) is 3.07. The maximum absolute atomic E-state index is 13.3. The van der Waals surface area contributed by atoms with E-state index in [1.54, 1.807) is 12.1 Å². The Balaban J connectivity index is 2.37. The molecule has 0 heterocycles. The van der Waals surface area contributed by atoms with Crippen molar-refractivity contribution >= 4 is 11.6 Å². The first kappa shape index (κ1) is 12.4. The van der Waals surface area contributed by atoms with Crippen LogP contribution in [0, 0.1) is 5.82 Å². The number of rotatable bonds is 6. The van der Waals surface area contributed by atoms with Crippen molar-refractivity contribution in [1.29, 1.82) is 0 Å². The average Bonchev–Trinajstić information content (AvgIpc) is 2.21. The molecular formula is C11H15ClFNO. The Labute approximate surface area is 94.4 Å². The molecule has 0 aliphatic rings. The molecule has 0 radical (unpaired) electrons. The lowest BCUT2D eigenvalue weighted by Crippen LogP contribution is -2.20. The molecule has 0 fully saturated rings. The third-order valence-electron chi connectivity index (χ3n) is 1.99. The number of hydrogen-bond donors (Lipinski definition) is 1. The average molecular weight is 232 g/mol. The van der Waals surface area contributed by atoms with Crippen LogP contribution in [0.25, 0.3) is 0 Å². The topological polar surface area (TPSA) is 21.3 Å². The van der Waals surface area contributed by atoms with Gasteiger partial charge in [0.15, 0.2) is 0 Å². The molecule has 1 aromatic rings. The fraction of sp³-hybridized carbons (Fsp3) is 0.455. The van der Waals surface area contributed by atoms with E-state index in [1.807, 2.05) is 6.92 Å². The standard InChI is InChI=1S/C11H15ClFNO/c1-2-15-7-6-14-8-9-10(12)4-3-5-11(9)13/h3-5,14H,2,6-8H2,1H3. The zero-order valence-electron chi connectivity index (χ0n) is 8.72. The van der Waals surface area contributed by atoms with Crippen molar-refractivity contribution in [2.24, 2.45) is 0 Å². The first-order valence-corrected chi connectivity index (χ1v) is 5.35. The predicted octanol–water partition coefficient (Wildman–Crippen LogP) is 2.61. The summed E-state index contributed by atoms with van der Waals surface area (Å²) in [6, 6.07) is 4.69. The van der Waals surface area contributed by atoms with Crippen molar-refractivity contribution in [1.82, 2.24) is 5.32 Å². The monoisotopic (exact) mass is 231 g/mol. The van der Waals surface area contributed by atoms with Gasteiger partial charge < -0.3 is 10.1 Å². The summed E-state index contributed by atoms with van der Waals surface area (Å²) in [6.45, 7) is 4.38. The summed E-state index contributed by atoms with van der Waals surface area (Å²) in [5.74, 6) is -0.272. The number of nitrogens with one attached hydrogen (secondary N) is 1. The molecule has 1 aromatic carbocycles. The molecule has 2 nitrogen and oxygen atoms in total. The number of halogens is 2.